The first-order chi connectivity index (χ1) is 7.99. The molecule has 0 spiro atoms. The second-order valence-corrected chi connectivity index (χ2v) is 6.50. The van der Waals surface area contributed by atoms with Crippen LogP contribution in [0.2, 0.25) is 0 Å². The zero-order chi connectivity index (χ0) is 12.9. The van der Waals surface area contributed by atoms with Crippen molar-refractivity contribution in [2.75, 3.05) is 19.6 Å². The van der Waals surface area contributed by atoms with Crippen molar-refractivity contribution in [1.82, 2.24) is 9.03 Å². The SMILES string of the molecule is CCCN(CCC)S(=O)(=O)NCC1CC(O)C1. The molecule has 5 nitrogen and oxygen atoms in total. The zero-order valence-electron chi connectivity index (χ0n) is 10.7. The van der Waals surface area contributed by atoms with Crippen LogP contribution in [0, 0.1) is 5.92 Å². The van der Waals surface area contributed by atoms with E-state index in [2.05, 4.69) is 4.72 Å². The summed E-state index contributed by atoms with van der Waals surface area (Å²) < 4.78 is 28.1. The smallest absolute Gasteiger partial charge is 0.279 e. The zero-order valence-corrected chi connectivity index (χ0v) is 11.5. The Morgan fingerprint density at radius 2 is 1.76 bits per heavy atom. The van der Waals surface area contributed by atoms with Gasteiger partial charge in [-0.05, 0) is 31.6 Å². The fraction of sp³-hybridized carbons (Fsp3) is 1.00. The third kappa shape index (κ3) is 4.54. The summed E-state index contributed by atoms with van der Waals surface area (Å²) in [6, 6.07) is 0. The fourth-order valence-electron chi connectivity index (χ4n) is 2.03. The molecule has 1 fully saturated rings. The molecule has 0 amide bonds. The van der Waals surface area contributed by atoms with Gasteiger partial charge in [-0.1, -0.05) is 13.8 Å². The maximum atomic E-state index is 12.0. The normalized spacial score (nSPS) is 24.9. The minimum absolute atomic E-state index is 0.230. The summed E-state index contributed by atoms with van der Waals surface area (Å²) in [7, 11) is -3.33. The van der Waals surface area contributed by atoms with Gasteiger partial charge in [0, 0.05) is 19.6 Å². The molecule has 0 saturated heterocycles. The van der Waals surface area contributed by atoms with Crippen molar-refractivity contribution in [2.24, 2.45) is 5.92 Å². The predicted molar refractivity (Wildman–Crippen MR) is 67.8 cm³/mol. The summed E-state index contributed by atoms with van der Waals surface area (Å²) in [5, 5.41) is 9.14. The van der Waals surface area contributed by atoms with Crippen LogP contribution in [0.25, 0.3) is 0 Å². The van der Waals surface area contributed by atoms with E-state index in [1.807, 2.05) is 13.8 Å². The fourth-order valence-corrected chi connectivity index (χ4v) is 3.51. The first kappa shape index (κ1) is 14.9. The minimum atomic E-state index is -3.33. The highest BCUT2D eigenvalue weighted by atomic mass is 32.2. The van der Waals surface area contributed by atoms with Gasteiger partial charge in [0.05, 0.1) is 6.10 Å². The molecule has 1 rings (SSSR count). The van der Waals surface area contributed by atoms with Gasteiger partial charge < -0.3 is 5.11 Å². The molecule has 0 aromatic rings. The maximum Gasteiger partial charge on any atom is 0.279 e. The Hall–Kier alpha value is -0.170. The molecule has 0 unspecified atom stereocenters. The highest BCUT2D eigenvalue weighted by Crippen LogP contribution is 2.26. The largest absolute Gasteiger partial charge is 0.393 e. The van der Waals surface area contributed by atoms with Crippen LogP contribution in [0.15, 0.2) is 0 Å². The summed E-state index contributed by atoms with van der Waals surface area (Å²) in [5.74, 6) is 0.296. The highest BCUT2D eigenvalue weighted by Gasteiger charge is 2.29. The molecule has 0 aromatic heterocycles. The molecular formula is C11H24N2O3S. The molecule has 1 aliphatic carbocycles. The Morgan fingerprint density at radius 3 is 2.18 bits per heavy atom. The second kappa shape index (κ2) is 6.68. The third-order valence-electron chi connectivity index (χ3n) is 3.05. The summed E-state index contributed by atoms with van der Waals surface area (Å²) in [6.07, 6.45) is 2.84. The van der Waals surface area contributed by atoms with Crippen LogP contribution in [-0.2, 0) is 10.2 Å². The van der Waals surface area contributed by atoms with Gasteiger partial charge in [-0.2, -0.15) is 12.7 Å². The number of rotatable bonds is 8. The van der Waals surface area contributed by atoms with Gasteiger partial charge in [0.15, 0.2) is 0 Å². The Kier molecular flexibility index (Phi) is 5.85. The Labute approximate surface area is 104 Å². The van der Waals surface area contributed by atoms with E-state index in [9.17, 15) is 8.42 Å². The van der Waals surface area contributed by atoms with Crippen LogP contribution in [-0.4, -0.2) is 43.6 Å². The van der Waals surface area contributed by atoms with Gasteiger partial charge in [0.25, 0.3) is 10.2 Å². The number of aliphatic hydroxyl groups excluding tert-OH is 1. The van der Waals surface area contributed by atoms with Crippen molar-refractivity contribution in [3.63, 3.8) is 0 Å². The first-order valence-corrected chi connectivity index (χ1v) is 7.86. The molecular weight excluding hydrogens is 240 g/mol. The molecule has 0 heterocycles. The second-order valence-electron chi connectivity index (χ2n) is 4.74. The third-order valence-corrected chi connectivity index (χ3v) is 4.63. The van der Waals surface area contributed by atoms with E-state index in [-0.39, 0.29) is 6.10 Å². The van der Waals surface area contributed by atoms with Crippen LogP contribution < -0.4 is 4.72 Å². The van der Waals surface area contributed by atoms with Crippen molar-refractivity contribution in [3.05, 3.63) is 0 Å². The number of hydrogen-bond acceptors (Lipinski definition) is 3. The van der Waals surface area contributed by atoms with Gasteiger partial charge in [-0.3, -0.25) is 0 Å². The number of hydrogen-bond donors (Lipinski definition) is 2. The summed E-state index contributed by atoms with van der Waals surface area (Å²) in [5.41, 5.74) is 0. The van der Waals surface area contributed by atoms with Crippen molar-refractivity contribution < 1.29 is 13.5 Å². The lowest BCUT2D eigenvalue weighted by Crippen LogP contribution is -2.45. The van der Waals surface area contributed by atoms with E-state index in [1.165, 1.54) is 4.31 Å². The van der Waals surface area contributed by atoms with Gasteiger partial charge >= 0.3 is 0 Å². The van der Waals surface area contributed by atoms with Crippen LogP contribution in [0.5, 0.6) is 0 Å². The van der Waals surface area contributed by atoms with Crippen molar-refractivity contribution in [2.45, 2.75) is 45.6 Å². The van der Waals surface area contributed by atoms with E-state index >= 15 is 0 Å². The quantitative estimate of drug-likeness (QED) is 0.678. The maximum absolute atomic E-state index is 12.0. The topological polar surface area (TPSA) is 69.6 Å². The lowest BCUT2D eigenvalue weighted by Gasteiger charge is -2.32. The number of nitrogens with zero attached hydrogens (tertiary/aromatic N) is 1. The molecule has 102 valence electrons. The molecule has 0 atom stereocenters. The molecule has 1 aliphatic rings. The molecule has 0 aromatic carbocycles. The van der Waals surface area contributed by atoms with E-state index in [4.69, 9.17) is 5.11 Å². The van der Waals surface area contributed by atoms with Crippen molar-refractivity contribution in [1.29, 1.82) is 0 Å². The molecule has 2 N–H and O–H groups in total. The highest BCUT2D eigenvalue weighted by molar-refractivity contribution is 7.87. The van der Waals surface area contributed by atoms with Crippen LogP contribution >= 0.6 is 0 Å². The predicted octanol–water partition coefficient (Wildman–Crippen LogP) is 0.714. The Morgan fingerprint density at radius 1 is 1.24 bits per heavy atom. The van der Waals surface area contributed by atoms with Crippen molar-refractivity contribution >= 4 is 10.2 Å². The lowest BCUT2D eigenvalue weighted by molar-refractivity contribution is 0.0451. The molecule has 17 heavy (non-hydrogen) atoms. The van der Waals surface area contributed by atoms with E-state index in [0.29, 0.717) is 38.4 Å². The number of aliphatic hydroxyl groups is 1. The van der Waals surface area contributed by atoms with Crippen molar-refractivity contribution in [3.8, 4) is 0 Å². The molecule has 0 radical (unpaired) electrons. The van der Waals surface area contributed by atoms with Gasteiger partial charge in [-0.15, -0.1) is 0 Å². The van der Waals surface area contributed by atoms with Crippen LogP contribution in [0.3, 0.4) is 0 Å². The van der Waals surface area contributed by atoms with E-state index < -0.39 is 10.2 Å². The van der Waals surface area contributed by atoms with E-state index in [0.717, 1.165) is 12.8 Å². The number of nitrogens with one attached hydrogen (secondary N) is 1. The van der Waals surface area contributed by atoms with Gasteiger partial charge in [0.1, 0.15) is 0 Å². The Bertz CT molecular complexity index is 307. The van der Waals surface area contributed by atoms with Gasteiger partial charge in [0.2, 0.25) is 0 Å². The average molecular weight is 264 g/mol. The molecule has 6 heteroatoms. The van der Waals surface area contributed by atoms with Crippen LogP contribution in [0.1, 0.15) is 39.5 Å². The lowest BCUT2D eigenvalue weighted by atomic mass is 9.83. The van der Waals surface area contributed by atoms with Crippen LogP contribution in [0.4, 0.5) is 0 Å². The first-order valence-electron chi connectivity index (χ1n) is 6.42. The molecule has 1 saturated carbocycles. The molecule has 0 bridgehead atoms. The van der Waals surface area contributed by atoms with E-state index in [1.54, 1.807) is 0 Å². The standard InChI is InChI=1S/C11H24N2O3S/c1-3-5-13(6-4-2)17(15,16)12-9-10-7-11(14)8-10/h10-12,14H,3-9H2,1-2H3. The summed E-state index contributed by atoms with van der Waals surface area (Å²) in [4.78, 5) is 0. The summed E-state index contributed by atoms with van der Waals surface area (Å²) >= 11 is 0. The monoisotopic (exact) mass is 264 g/mol. The average Bonchev–Trinajstić information content (AvgIpc) is 2.22. The minimum Gasteiger partial charge on any atom is -0.393 e. The van der Waals surface area contributed by atoms with Gasteiger partial charge in [-0.25, -0.2) is 4.72 Å². The molecule has 0 aliphatic heterocycles. The summed E-state index contributed by atoms with van der Waals surface area (Å²) in [6.45, 7) is 5.52. The Balaban J connectivity index is 2.41.